The van der Waals surface area contributed by atoms with Crippen molar-refractivity contribution in [3.8, 4) is 0 Å². The van der Waals surface area contributed by atoms with Gasteiger partial charge >= 0.3 is 0 Å². The Bertz CT molecular complexity index is 416. The van der Waals surface area contributed by atoms with E-state index in [-0.39, 0.29) is 0 Å². The van der Waals surface area contributed by atoms with E-state index in [0.717, 1.165) is 11.8 Å². The maximum atomic E-state index is 3.84. The predicted octanol–water partition coefficient (Wildman–Crippen LogP) is 5.70. The molecule has 0 amide bonds. The molecule has 0 spiro atoms. The molecule has 1 aromatic carbocycles. The number of rotatable bonds is 4. The summed E-state index contributed by atoms with van der Waals surface area (Å²) in [6, 6.07) is 9.79. The first-order valence-electron chi connectivity index (χ1n) is 8.07. The molecule has 2 heteroatoms. The van der Waals surface area contributed by atoms with Crippen LogP contribution in [0.5, 0.6) is 0 Å². The van der Waals surface area contributed by atoms with E-state index < -0.39 is 0 Å². The van der Waals surface area contributed by atoms with Gasteiger partial charge in [-0.3, -0.25) is 0 Å². The van der Waals surface area contributed by atoms with Crippen LogP contribution in [0.4, 0.5) is 0 Å². The van der Waals surface area contributed by atoms with E-state index in [1.807, 2.05) is 0 Å². The van der Waals surface area contributed by atoms with Crippen molar-refractivity contribution < 1.29 is 0 Å². The van der Waals surface area contributed by atoms with Gasteiger partial charge in [0, 0.05) is 16.6 Å². The van der Waals surface area contributed by atoms with Crippen LogP contribution in [0.15, 0.2) is 28.7 Å². The Hall–Kier alpha value is -0.340. The van der Waals surface area contributed by atoms with Crippen LogP contribution >= 0.6 is 15.9 Å². The van der Waals surface area contributed by atoms with E-state index >= 15 is 0 Å². The van der Waals surface area contributed by atoms with Crippen LogP contribution in [0.2, 0.25) is 0 Å². The average molecular weight is 338 g/mol. The standard InChI is InChI=1S/C18H28BrN/c1-13(2)15-6-5-9-18(11-10-15)20-14(3)16-7-4-8-17(19)12-16/h4,7-8,12-15,18,20H,5-6,9-11H2,1-3H3/t14-,15?,18?/m0/s1. The molecule has 0 bridgehead atoms. The molecule has 20 heavy (non-hydrogen) atoms. The molecule has 1 aliphatic rings. The third kappa shape index (κ3) is 4.60. The fourth-order valence-corrected chi connectivity index (χ4v) is 3.81. The molecule has 112 valence electrons. The normalized spacial score (nSPS) is 25.4. The number of halogens is 1. The Kier molecular flexibility index (Phi) is 6.10. The minimum Gasteiger partial charge on any atom is -0.307 e. The van der Waals surface area contributed by atoms with Gasteiger partial charge in [-0.05, 0) is 55.7 Å². The summed E-state index contributed by atoms with van der Waals surface area (Å²) in [5.74, 6) is 1.78. The molecule has 0 radical (unpaired) electrons. The molecule has 1 aliphatic carbocycles. The largest absolute Gasteiger partial charge is 0.307 e. The van der Waals surface area contributed by atoms with Gasteiger partial charge in [-0.15, -0.1) is 0 Å². The minimum atomic E-state index is 0.438. The molecule has 0 saturated heterocycles. The van der Waals surface area contributed by atoms with Crippen molar-refractivity contribution in [3.63, 3.8) is 0 Å². The Balaban J connectivity index is 1.90. The molecule has 1 aromatic rings. The van der Waals surface area contributed by atoms with E-state index in [2.05, 4.69) is 66.3 Å². The van der Waals surface area contributed by atoms with Gasteiger partial charge in [0.25, 0.3) is 0 Å². The maximum absolute atomic E-state index is 3.84. The first-order valence-corrected chi connectivity index (χ1v) is 8.87. The SMILES string of the molecule is CC(C)C1CCCC(N[C@@H](C)c2cccc(Br)c2)CC1. The van der Waals surface area contributed by atoms with Crippen molar-refractivity contribution >= 4 is 15.9 Å². The van der Waals surface area contributed by atoms with Crippen LogP contribution in [0.3, 0.4) is 0 Å². The van der Waals surface area contributed by atoms with Crippen LogP contribution in [-0.2, 0) is 0 Å². The van der Waals surface area contributed by atoms with Crippen LogP contribution in [-0.4, -0.2) is 6.04 Å². The second kappa shape index (κ2) is 7.61. The average Bonchev–Trinajstić information content (AvgIpc) is 2.64. The van der Waals surface area contributed by atoms with Crippen molar-refractivity contribution in [3.05, 3.63) is 34.3 Å². The van der Waals surface area contributed by atoms with Crippen molar-refractivity contribution in [1.29, 1.82) is 0 Å². The Morgan fingerprint density at radius 2 is 1.90 bits per heavy atom. The van der Waals surface area contributed by atoms with Crippen molar-refractivity contribution in [2.24, 2.45) is 11.8 Å². The summed E-state index contributed by atoms with van der Waals surface area (Å²) >= 11 is 3.56. The van der Waals surface area contributed by atoms with E-state index in [4.69, 9.17) is 0 Å². The second-order valence-corrected chi connectivity index (χ2v) is 7.57. The summed E-state index contributed by atoms with van der Waals surface area (Å²) in [6.45, 7) is 7.04. The molecule has 0 aliphatic heterocycles. The Morgan fingerprint density at radius 3 is 2.60 bits per heavy atom. The lowest BCUT2D eigenvalue weighted by Crippen LogP contribution is -2.31. The van der Waals surface area contributed by atoms with Crippen molar-refractivity contribution in [2.75, 3.05) is 0 Å². The Morgan fingerprint density at radius 1 is 1.10 bits per heavy atom. The summed E-state index contributed by atoms with van der Waals surface area (Å²) in [5, 5.41) is 3.84. The third-order valence-electron chi connectivity index (χ3n) is 4.79. The van der Waals surface area contributed by atoms with Crippen LogP contribution in [0.25, 0.3) is 0 Å². The zero-order valence-corrected chi connectivity index (χ0v) is 14.6. The van der Waals surface area contributed by atoms with Crippen molar-refractivity contribution in [1.82, 2.24) is 5.32 Å². The zero-order chi connectivity index (χ0) is 14.5. The highest BCUT2D eigenvalue weighted by atomic mass is 79.9. The quantitative estimate of drug-likeness (QED) is 0.694. The molecule has 2 unspecified atom stereocenters. The summed E-state index contributed by atoms with van der Waals surface area (Å²) in [7, 11) is 0. The third-order valence-corrected chi connectivity index (χ3v) is 5.28. The van der Waals surface area contributed by atoms with Crippen LogP contribution < -0.4 is 5.32 Å². The second-order valence-electron chi connectivity index (χ2n) is 6.65. The summed E-state index contributed by atoms with van der Waals surface area (Å²) in [6.07, 6.45) is 6.86. The lowest BCUT2D eigenvalue weighted by atomic mass is 9.89. The van der Waals surface area contributed by atoms with Gasteiger partial charge < -0.3 is 5.32 Å². The van der Waals surface area contributed by atoms with E-state index in [1.165, 1.54) is 42.1 Å². The van der Waals surface area contributed by atoms with Crippen LogP contribution in [0.1, 0.15) is 64.5 Å². The molecular weight excluding hydrogens is 310 g/mol. The molecule has 1 nitrogen and oxygen atoms in total. The lowest BCUT2D eigenvalue weighted by Gasteiger charge is -2.23. The number of benzene rings is 1. The van der Waals surface area contributed by atoms with Gasteiger partial charge in [0.2, 0.25) is 0 Å². The van der Waals surface area contributed by atoms with Gasteiger partial charge in [0.05, 0.1) is 0 Å². The van der Waals surface area contributed by atoms with E-state index in [1.54, 1.807) is 0 Å². The monoisotopic (exact) mass is 337 g/mol. The molecule has 2 rings (SSSR count). The highest BCUT2D eigenvalue weighted by molar-refractivity contribution is 9.10. The number of nitrogens with one attached hydrogen (secondary N) is 1. The molecule has 3 atom stereocenters. The smallest absolute Gasteiger partial charge is 0.0294 e. The van der Waals surface area contributed by atoms with Crippen molar-refractivity contribution in [2.45, 2.75) is 65.0 Å². The molecule has 1 N–H and O–H groups in total. The predicted molar refractivity (Wildman–Crippen MR) is 90.9 cm³/mol. The summed E-state index contributed by atoms with van der Waals surface area (Å²) < 4.78 is 1.17. The molecule has 1 fully saturated rings. The first-order chi connectivity index (χ1) is 9.56. The number of hydrogen-bond acceptors (Lipinski definition) is 1. The van der Waals surface area contributed by atoms with Gasteiger partial charge in [-0.2, -0.15) is 0 Å². The minimum absolute atomic E-state index is 0.438. The lowest BCUT2D eigenvalue weighted by molar-refractivity contribution is 0.335. The fourth-order valence-electron chi connectivity index (χ4n) is 3.39. The zero-order valence-electron chi connectivity index (χ0n) is 13.0. The van der Waals surface area contributed by atoms with Gasteiger partial charge in [0.1, 0.15) is 0 Å². The Labute approximate surface area is 132 Å². The highest BCUT2D eigenvalue weighted by Crippen LogP contribution is 2.30. The fraction of sp³-hybridized carbons (Fsp3) is 0.667. The van der Waals surface area contributed by atoms with Gasteiger partial charge in [-0.25, -0.2) is 0 Å². The molecular formula is C18H28BrN. The summed E-state index contributed by atoms with van der Waals surface area (Å²) in [5.41, 5.74) is 1.38. The topological polar surface area (TPSA) is 12.0 Å². The summed E-state index contributed by atoms with van der Waals surface area (Å²) in [4.78, 5) is 0. The van der Waals surface area contributed by atoms with E-state index in [9.17, 15) is 0 Å². The first kappa shape index (κ1) is 16.0. The molecule has 0 heterocycles. The molecule has 0 aromatic heterocycles. The van der Waals surface area contributed by atoms with Gasteiger partial charge in [-0.1, -0.05) is 54.8 Å². The van der Waals surface area contributed by atoms with Crippen LogP contribution in [0, 0.1) is 11.8 Å². The number of hydrogen-bond donors (Lipinski definition) is 1. The maximum Gasteiger partial charge on any atom is 0.0294 e. The van der Waals surface area contributed by atoms with E-state index in [0.29, 0.717) is 12.1 Å². The molecule has 1 saturated carbocycles. The van der Waals surface area contributed by atoms with Gasteiger partial charge in [0.15, 0.2) is 0 Å². The highest BCUT2D eigenvalue weighted by Gasteiger charge is 2.22.